The SMILES string of the molecule is CC1CCN(c2nc3c(c(N(C)C(C)C)n2)CN(C(=O)c2ccccc2Cl)CC3)CC1. The second kappa shape index (κ2) is 9.03. The molecule has 0 bridgehead atoms. The lowest BCUT2D eigenvalue weighted by Gasteiger charge is -2.35. The van der Waals surface area contributed by atoms with Crippen LogP contribution >= 0.6 is 11.6 Å². The van der Waals surface area contributed by atoms with Crippen LogP contribution in [0.3, 0.4) is 0 Å². The molecule has 2 aliphatic heterocycles. The van der Waals surface area contributed by atoms with E-state index in [2.05, 4.69) is 37.6 Å². The smallest absolute Gasteiger partial charge is 0.255 e. The highest BCUT2D eigenvalue weighted by Gasteiger charge is 2.30. The van der Waals surface area contributed by atoms with Crippen molar-refractivity contribution < 1.29 is 4.79 Å². The maximum atomic E-state index is 13.2. The summed E-state index contributed by atoms with van der Waals surface area (Å²) in [6.45, 7) is 9.77. The molecule has 6 nitrogen and oxygen atoms in total. The zero-order valence-corrected chi connectivity index (χ0v) is 19.7. The first-order chi connectivity index (χ1) is 14.8. The Kier molecular flexibility index (Phi) is 6.37. The Hall–Kier alpha value is -2.34. The topological polar surface area (TPSA) is 52.6 Å². The Morgan fingerprint density at radius 1 is 1.16 bits per heavy atom. The lowest BCUT2D eigenvalue weighted by Crippen LogP contribution is -2.40. The second-order valence-electron chi connectivity index (χ2n) is 9.10. The van der Waals surface area contributed by atoms with Crippen molar-refractivity contribution in [2.75, 3.05) is 36.5 Å². The van der Waals surface area contributed by atoms with Gasteiger partial charge in [0.2, 0.25) is 5.95 Å². The summed E-state index contributed by atoms with van der Waals surface area (Å²) in [6.07, 6.45) is 3.08. The quantitative estimate of drug-likeness (QED) is 0.703. The number of anilines is 2. The van der Waals surface area contributed by atoms with Gasteiger partial charge in [0.25, 0.3) is 5.91 Å². The summed E-state index contributed by atoms with van der Waals surface area (Å²) in [5, 5.41) is 0.490. The first-order valence-electron chi connectivity index (χ1n) is 11.3. The van der Waals surface area contributed by atoms with E-state index in [-0.39, 0.29) is 5.91 Å². The Labute approximate surface area is 190 Å². The van der Waals surface area contributed by atoms with Crippen molar-refractivity contribution in [3.05, 3.63) is 46.1 Å². The monoisotopic (exact) mass is 441 g/mol. The summed E-state index contributed by atoms with van der Waals surface area (Å²) in [6, 6.07) is 7.54. The zero-order chi connectivity index (χ0) is 22.1. The first kappa shape index (κ1) is 21.9. The highest BCUT2D eigenvalue weighted by Crippen LogP contribution is 2.32. The maximum absolute atomic E-state index is 13.2. The van der Waals surface area contributed by atoms with Crippen LogP contribution in [-0.2, 0) is 13.0 Å². The Bertz CT molecular complexity index is 955. The van der Waals surface area contributed by atoms with Crippen molar-refractivity contribution >= 4 is 29.3 Å². The number of benzene rings is 1. The average Bonchev–Trinajstić information content (AvgIpc) is 2.77. The Balaban J connectivity index is 1.67. The number of rotatable bonds is 4. The Morgan fingerprint density at radius 2 is 1.87 bits per heavy atom. The number of hydrogen-bond donors (Lipinski definition) is 0. The van der Waals surface area contributed by atoms with Crippen LogP contribution in [0, 0.1) is 5.92 Å². The summed E-state index contributed by atoms with van der Waals surface area (Å²) >= 11 is 6.29. The van der Waals surface area contributed by atoms with E-state index in [4.69, 9.17) is 21.6 Å². The van der Waals surface area contributed by atoms with Crippen molar-refractivity contribution in [2.45, 2.75) is 52.6 Å². The van der Waals surface area contributed by atoms with E-state index in [9.17, 15) is 4.79 Å². The van der Waals surface area contributed by atoms with Gasteiger partial charge in [-0.25, -0.2) is 4.98 Å². The van der Waals surface area contributed by atoms with E-state index in [0.717, 1.165) is 48.5 Å². The van der Waals surface area contributed by atoms with E-state index in [0.29, 0.717) is 29.7 Å². The van der Waals surface area contributed by atoms with Crippen LogP contribution in [0.15, 0.2) is 24.3 Å². The minimum Gasteiger partial charge on any atom is -0.357 e. The molecule has 0 saturated carbocycles. The number of aromatic nitrogens is 2. The Morgan fingerprint density at radius 3 is 2.55 bits per heavy atom. The minimum absolute atomic E-state index is 0.0384. The van der Waals surface area contributed by atoms with Gasteiger partial charge in [0.05, 0.1) is 22.8 Å². The number of halogens is 1. The first-order valence-corrected chi connectivity index (χ1v) is 11.6. The predicted molar refractivity (Wildman–Crippen MR) is 126 cm³/mol. The molecule has 7 heteroatoms. The van der Waals surface area contributed by atoms with Crippen LogP contribution in [-0.4, -0.2) is 53.5 Å². The number of fused-ring (bicyclic) bond motifs is 1. The highest BCUT2D eigenvalue weighted by molar-refractivity contribution is 6.33. The number of carbonyl (C=O) groups excluding carboxylic acids is 1. The van der Waals surface area contributed by atoms with Crippen LogP contribution in [0.25, 0.3) is 0 Å². The molecule has 2 aliphatic rings. The zero-order valence-electron chi connectivity index (χ0n) is 18.9. The molecule has 0 atom stereocenters. The lowest BCUT2D eigenvalue weighted by molar-refractivity contribution is 0.0734. The van der Waals surface area contributed by atoms with Crippen molar-refractivity contribution in [2.24, 2.45) is 5.92 Å². The van der Waals surface area contributed by atoms with E-state index in [1.165, 1.54) is 12.8 Å². The molecule has 0 radical (unpaired) electrons. The van der Waals surface area contributed by atoms with Gasteiger partial charge in [-0.1, -0.05) is 30.7 Å². The average molecular weight is 442 g/mol. The van der Waals surface area contributed by atoms with Gasteiger partial charge in [-0.2, -0.15) is 4.98 Å². The third-order valence-electron chi connectivity index (χ3n) is 6.59. The molecule has 3 heterocycles. The summed E-state index contributed by atoms with van der Waals surface area (Å²) in [5.74, 6) is 2.49. The van der Waals surface area contributed by atoms with Gasteiger partial charge in [0.1, 0.15) is 5.82 Å². The van der Waals surface area contributed by atoms with Crippen molar-refractivity contribution in [3.8, 4) is 0 Å². The highest BCUT2D eigenvalue weighted by atomic mass is 35.5. The van der Waals surface area contributed by atoms with Crippen LogP contribution in [0.4, 0.5) is 11.8 Å². The van der Waals surface area contributed by atoms with Crippen LogP contribution in [0.2, 0.25) is 5.02 Å². The van der Waals surface area contributed by atoms with Crippen LogP contribution in [0.5, 0.6) is 0 Å². The van der Waals surface area contributed by atoms with Gasteiger partial charge in [-0.15, -0.1) is 0 Å². The predicted octanol–water partition coefficient (Wildman–Crippen LogP) is 4.41. The second-order valence-corrected chi connectivity index (χ2v) is 9.51. The summed E-state index contributed by atoms with van der Waals surface area (Å²) < 4.78 is 0. The molecular formula is C24H32ClN5O. The molecule has 0 aliphatic carbocycles. The normalized spacial score (nSPS) is 17.1. The van der Waals surface area contributed by atoms with Gasteiger partial charge >= 0.3 is 0 Å². The molecule has 1 amide bonds. The fourth-order valence-electron chi connectivity index (χ4n) is 4.25. The molecule has 0 unspecified atom stereocenters. The van der Waals surface area contributed by atoms with E-state index in [1.54, 1.807) is 12.1 Å². The fraction of sp³-hybridized carbons (Fsp3) is 0.542. The lowest BCUT2D eigenvalue weighted by atomic mass is 9.99. The molecule has 4 rings (SSSR count). The van der Waals surface area contributed by atoms with Gasteiger partial charge in [-0.05, 0) is 44.7 Å². The molecule has 0 spiro atoms. The number of carbonyl (C=O) groups is 1. The fourth-order valence-corrected chi connectivity index (χ4v) is 4.47. The third-order valence-corrected chi connectivity index (χ3v) is 6.92. The van der Waals surface area contributed by atoms with E-state index in [1.807, 2.05) is 17.0 Å². The number of piperidine rings is 1. The van der Waals surface area contributed by atoms with Crippen LogP contribution < -0.4 is 9.80 Å². The largest absolute Gasteiger partial charge is 0.357 e. The van der Waals surface area contributed by atoms with Gasteiger partial charge in [-0.3, -0.25) is 4.79 Å². The molecule has 0 N–H and O–H groups in total. The molecule has 2 aromatic rings. The molecule has 1 aromatic heterocycles. The molecule has 166 valence electrons. The maximum Gasteiger partial charge on any atom is 0.255 e. The summed E-state index contributed by atoms with van der Waals surface area (Å²) in [5.41, 5.74) is 2.66. The van der Waals surface area contributed by atoms with Gasteiger partial charge in [0.15, 0.2) is 0 Å². The van der Waals surface area contributed by atoms with E-state index < -0.39 is 0 Å². The van der Waals surface area contributed by atoms with Crippen LogP contribution in [0.1, 0.15) is 55.2 Å². The summed E-state index contributed by atoms with van der Waals surface area (Å²) in [7, 11) is 2.07. The minimum atomic E-state index is -0.0384. The number of hydrogen-bond acceptors (Lipinski definition) is 5. The molecule has 31 heavy (non-hydrogen) atoms. The van der Waals surface area contributed by atoms with E-state index >= 15 is 0 Å². The molecule has 1 fully saturated rings. The number of amides is 1. The number of nitrogens with zero attached hydrogens (tertiary/aromatic N) is 5. The van der Waals surface area contributed by atoms with Crippen molar-refractivity contribution in [1.29, 1.82) is 0 Å². The summed E-state index contributed by atoms with van der Waals surface area (Å²) in [4.78, 5) is 29.5. The molecule has 1 saturated heterocycles. The van der Waals surface area contributed by atoms with Crippen molar-refractivity contribution in [1.82, 2.24) is 14.9 Å². The van der Waals surface area contributed by atoms with Gasteiger partial charge < -0.3 is 14.7 Å². The molecular weight excluding hydrogens is 410 g/mol. The third kappa shape index (κ3) is 4.49. The van der Waals surface area contributed by atoms with Gasteiger partial charge in [0, 0.05) is 44.7 Å². The molecule has 1 aromatic carbocycles. The standard InChI is InChI=1S/C24H32ClN5O/c1-16(2)28(4)22-19-15-30(23(31)18-7-5-6-8-20(18)25)14-11-21(19)26-24(27-22)29-12-9-17(3)10-13-29/h5-8,16-17H,9-15H2,1-4H3. The van der Waals surface area contributed by atoms with Crippen molar-refractivity contribution in [3.63, 3.8) is 0 Å².